The maximum Gasteiger partial charge on any atom is 0.238 e. The number of hydrogen-bond acceptors (Lipinski definition) is 5. The van der Waals surface area contributed by atoms with E-state index in [1.165, 1.54) is 6.42 Å². The number of hydrogen-bond donors (Lipinski definition) is 0. The summed E-state index contributed by atoms with van der Waals surface area (Å²) in [5.74, 6) is 1.66. The summed E-state index contributed by atoms with van der Waals surface area (Å²) in [6.45, 7) is 3.02. The van der Waals surface area contributed by atoms with Gasteiger partial charge in [-0.15, -0.1) is 0 Å². The van der Waals surface area contributed by atoms with E-state index in [4.69, 9.17) is 8.94 Å². The fourth-order valence-electron chi connectivity index (χ4n) is 2.97. The minimum Gasteiger partial charge on any atom is -0.461 e. The Morgan fingerprint density at radius 1 is 1.45 bits per heavy atom. The van der Waals surface area contributed by atoms with E-state index >= 15 is 0 Å². The molecule has 3 heterocycles. The highest BCUT2D eigenvalue weighted by Gasteiger charge is 2.25. The average molecular weight is 303 g/mol. The largest absolute Gasteiger partial charge is 0.461 e. The van der Waals surface area contributed by atoms with Crippen LogP contribution in [0.5, 0.6) is 0 Å². The molecule has 1 amide bonds. The van der Waals surface area contributed by atoms with Gasteiger partial charge in [0.05, 0.1) is 6.26 Å². The molecule has 6 nitrogen and oxygen atoms in total. The zero-order chi connectivity index (χ0) is 15.4. The van der Waals surface area contributed by atoms with Gasteiger partial charge in [-0.25, -0.2) is 0 Å². The second kappa shape index (κ2) is 6.77. The Hall–Kier alpha value is -2.11. The minimum absolute atomic E-state index is 0.185. The van der Waals surface area contributed by atoms with Crippen molar-refractivity contribution in [3.8, 4) is 11.6 Å². The molecule has 1 atom stereocenters. The van der Waals surface area contributed by atoms with Crippen molar-refractivity contribution in [2.75, 3.05) is 6.54 Å². The lowest BCUT2D eigenvalue weighted by Crippen LogP contribution is -2.43. The van der Waals surface area contributed by atoms with E-state index in [0.717, 1.165) is 25.8 Å². The van der Waals surface area contributed by atoms with Crippen molar-refractivity contribution in [3.05, 3.63) is 24.3 Å². The van der Waals surface area contributed by atoms with Crippen LogP contribution in [0.25, 0.3) is 11.6 Å². The first-order valence-corrected chi connectivity index (χ1v) is 7.94. The number of nitrogens with zero attached hydrogens (tertiary/aromatic N) is 3. The zero-order valence-corrected chi connectivity index (χ0v) is 12.8. The molecule has 1 aliphatic heterocycles. The molecule has 0 spiro atoms. The molecule has 22 heavy (non-hydrogen) atoms. The molecule has 1 fully saturated rings. The third-order valence-electron chi connectivity index (χ3n) is 4.18. The third-order valence-corrected chi connectivity index (χ3v) is 4.18. The summed E-state index contributed by atoms with van der Waals surface area (Å²) in [4.78, 5) is 18.7. The monoisotopic (exact) mass is 303 g/mol. The van der Waals surface area contributed by atoms with E-state index in [0.29, 0.717) is 36.4 Å². The second-order valence-electron chi connectivity index (χ2n) is 5.63. The fourth-order valence-corrected chi connectivity index (χ4v) is 2.97. The van der Waals surface area contributed by atoms with Crippen molar-refractivity contribution >= 4 is 5.91 Å². The predicted molar refractivity (Wildman–Crippen MR) is 80.0 cm³/mol. The Bertz CT molecular complexity index is 606. The number of aryl methyl sites for hydroxylation is 1. The van der Waals surface area contributed by atoms with E-state index in [1.807, 2.05) is 4.90 Å². The van der Waals surface area contributed by atoms with Crippen LogP contribution in [0, 0.1) is 0 Å². The molecule has 2 aromatic rings. The second-order valence-corrected chi connectivity index (χ2v) is 5.63. The molecule has 118 valence electrons. The van der Waals surface area contributed by atoms with Gasteiger partial charge in [0.15, 0.2) is 5.76 Å². The Balaban J connectivity index is 1.57. The van der Waals surface area contributed by atoms with Gasteiger partial charge in [0.2, 0.25) is 17.6 Å². The molecule has 2 aromatic heterocycles. The topological polar surface area (TPSA) is 72.4 Å². The molecular formula is C16H21N3O3. The molecule has 1 aliphatic rings. The lowest BCUT2D eigenvalue weighted by molar-refractivity contribution is -0.135. The van der Waals surface area contributed by atoms with Crippen molar-refractivity contribution in [1.82, 2.24) is 15.0 Å². The molecule has 0 aromatic carbocycles. The number of piperidine rings is 1. The molecule has 3 rings (SSSR count). The first-order chi connectivity index (χ1) is 10.8. The maximum absolute atomic E-state index is 12.4. The maximum atomic E-state index is 12.4. The molecule has 0 bridgehead atoms. The summed E-state index contributed by atoms with van der Waals surface area (Å²) in [6.07, 6.45) is 6.91. The minimum atomic E-state index is 0.185. The smallest absolute Gasteiger partial charge is 0.238 e. The van der Waals surface area contributed by atoms with Crippen LogP contribution in [0.1, 0.15) is 44.9 Å². The summed E-state index contributed by atoms with van der Waals surface area (Å²) in [6, 6.07) is 3.94. The van der Waals surface area contributed by atoms with Crippen LogP contribution in [-0.2, 0) is 11.2 Å². The summed E-state index contributed by atoms with van der Waals surface area (Å²) < 4.78 is 10.4. The normalized spacial score (nSPS) is 18.6. The molecule has 0 N–H and O–H groups in total. The summed E-state index contributed by atoms with van der Waals surface area (Å²) in [7, 11) is 0. The summed E-state index contributed by atoms with van der Waals surface area (Å²) in [5, 5.41) is 3.88. The zero-order valence-electron chi connectivity index (χ0n) is 12.8. The highest BCUT2D eigenvalue weighted by molar-refractivity contribution is 5.76. The SMILES string of the molecule is CCC1CCCCN1C(=O)CCc1nc(-c2ccco2)no1. The third kappa shape index (κ3) is 3.21. The van der Waals surface area contributed by atoms with Crippen LogP contribution < -0.4 is 0 Å². The standard InChI is InChI=1S/C16H21N3O3/c1-2-12-6-3-4-10-19(12)15(20)9-8-14-17-16(18-22-14)13-7-5-11-21-13/h5,7,11-12H,2-4,6,8-10H2,1H3. The van der Waals surface area contributed by atoms with Crippen molar-refractivity contribution < 1.29 is 13.7 Å². The highest BCUT2D eigenvalue weighted by atomic mass is 16.5. The van der Waals surface area contributed by atoms with Crippen LogP contribution >= 0.6 is 0 Å². The molecule has 0 radical (unpaired) electrons. The predicted octanol–water partition coefficient (Wildman–Crippen LogP) is 3.05. The van der Waals surface area contributed by atoms with Gasteiger partial charge >= 0.3 is 0 Å². The van der Waals surface area contributed by atoms with Crippen molar-refractivity contribution in [2.45, 2.75) is 51.5 Å². The van der Waals surface area contributed by atoms with Crippen molar-refractivity contribution in [1.29, 1.82) is 0 Å². The molecular weight excluding hydrogens is 282 g/mol. The van der Waals surface area contributed by atoms with Crippen LogP contribution in [0.2, 0.25) is 0 Å². The van der Waals surface area contributed by atoms with Crippen LogP contribution in [0.15, 0.2) is 27.3 Å². The first kappa shape index (κ1) is 14.8. The Labute approximate surface area is 129 Å². The lowest BCUT2D eigenvalue weighted by atomic mass is 9.99. The van der Waals surface area contributed by atoms with Gasteiger partial charge in [-0.2, -0.15) is 4.98 Å². The molecule has 0 aliphatic carbocycles. The Kier molecular flexibility index (Phi) is 4.56. The Morgan fingerprint density at radius 2 is 2.36 bits per heavy atom. The van der Waals surface area contributed by atoms with Gasteiger partial charge in [-0.1, -0.05) is 12.1 Å². The van der Waals surface area contributed by atoms with Gasteiger partial charge in [0.1, 0.15) is 0 Å². The van der Waals surface area contributed by atoms with E-state index in [9.17, 15) is 4.79 Å². The van der Waals surface area contributed by atoms with E-state index in [1.54, 1.807) is 18.4 Å². The van der Waals surface area contributed by atoms with Gasteiger partial charge in [-0.3, -0.25) is 4.79 Å². The van der Waals surface area contributed by atoms with Crippen molar-refractivity contribution in [3.63, 3.8) is 0 Å². The van der Waals surface area contributed by atoms with Crippen LogP contribution in [0.4, 0.5) is 0 Å². The number of amides is 1. The van der Waals surface area contributed by atoms with E-state index in [-0.39, 0.29) is 5.91 Å². The number of aromatic nitrogens is 2. The van der Waals surface area contributed by atoms with E-state index in [2.05, 4.69) is 17.1 Å². The number of carbonyl (C=O) groups excluding carboxylic acids is 1. The van der Waals surface area contributed by atoms with E-state index < -0.39 is 0 Å². The molecule has 1 saturated heterocycles. The summed E-state index contributed by atoms with van der Waals surface area (Å²) in [5.41, 5.74) is 0. The Morgan fingerprint density at radius 3 is 3.14 bits per heavy atom. The van der Waals surface area contributed by atoms with Crippen LogP contribution in [-0.4, -0.2) is 33.5 Å². The fraction of sp³-hybridized carbons (Fsp3) is 0.562. The summed E-state index contributed by atoms with van der Waals surface area (Å²) >= 11 is 0. The quantitative estimate of drug-likeness (QED) is 0.849. The highest BCUT2D eigenvalue weighted by Crippen LogP contribution is 2.21. The van der Waals surface area contributed by atoms with Gasteiger partial charge in [-0.05, 0) is 37.8 Å². The average Bonchev–Trinajstić information content (AvgIpc) is 3.23. The number of rotatable bonds is 5. The number of carbonyl (C=O) groups is 1. The first-order valence-electron chi connectivity index (χ1n) is 7.94. The van der Waals surface area contributed by atoms with Crippen LogP contribution in [0.3, 0.4) is 0 Å². The number of furan rings is 1. The lowest BCUT2D eigenvalue weighted by Gasteiger charge is -2.35. The van der Waals surface area contributed by atoms with Crippen molar-refractivity contribution in [2.24, 2.45) is 0 Å². The van der Waals surface area contributed by atoms with Gasteiger partial charge in [0, 0.05) is 25.4 Å². The molecule has 0 saturated carbocycles. The van der Waals surface area contributed by atoms with Gasteiger partial charge < -0.3 is 13.8 Å². The van der Waals surface area contributed by atoms with Gasteiger partial charge in [0.25, 0.3) is 0 Å². The molecule has 6 heteroatoms. The molecule has 1 unspecified atom stereocenters. The number of likely N-dealkylation sites (tertiary alicyclic amines) is 1.